The molecule has 0 radical (unpaired) electrons. The highest BCUT2D eigenvalue weighted by Gasteiger charge is 2.24. The topological polar surface area (TPSA) is 124 Å². The largest absolute Gasteiger partial charge is 0.505 e. The van der Waals surface area contributed by atoms with Gasteiger partial charge >= 0.3 is 12.2 Å². The lowest BCUT2D eigenvalue weighted by atomic mass is 10.6. The highest BCUT2D eigenvalue weighted by molar-refractivity contribution is 6.06. The number of aromatic nitrogens is 2. The number of carbonyl (C=O) groups is 2. The van der Waals surface area contributed by atoms with Crippen LogP contribution in [0.5, 0.6) is 5.75 Å². The lowest BCUT2D eigenvalue weighted by Crippen LogP contribution is -2.35. The van der Waals surface area contributed by atoms with Crippen LogP contribution in [0.2, 0.25) is 0 Å². The summed E-state index contributed by atoms with van der Waals surface area (Å²) in [5.41, 5.74) is 0. The first kappa shape index (κ1) is 9.71. The molecule has 3 N–H and O–H groups in total. The summed E-state index contributed by atoms with van der Waals surface area (Å²) in [5.74, 6) is -0.827. The third-order valence-electron chi connectivity index (χ3n) is 1.21. The monoisotopic (exact) mass is 199 g/mol. The smallest absolute Gasteiger partial charge is 0.424 e. The van der Waals surface area contributed by atoms with Crippen molar-refractivity contribution in [3.63, 3.8) is 0 Å². The summed E-state index contributed by atoms with van der Waals surface area (Å²) in [6.07, 6.45) is -1.66. The fourth-order valence-electron chi connectivity index (χ4n) is 0.683. The molecule has 0 saturated carbocycles. The summed E-state index contributed by atoms with van der Waals surface area (Å²) in [6, 6.07) is 0. The van der Waals surface area contributed by atoms with E-state index in [-0.39, 0.29) is 10.6 Å². The minimum absolute atomic E-state index is 0.0700. The van der Waals surface area contributed by atoms with E-state index < -0.39 is 18.1 Å². The van der Waals surface area contributed by atoms with Gasteiger partial charge in [0.15, 0.2) is 5.75 Å². The first-order valence-corrected chi connectivity index (χ1v) is 3.29. The molecule has 14 heavy (non-hydrogen) atoms. The van der Waals surface area contributed by atoms with E-state index in [2.05, 4.69) is 9.97 Å². The van der Waals surface area contributed by atoms with Gasteiger partial charge in [0.1, 0.15) is 0 Å². The van der Waals surface area contributed by atoms with Crippen molar-refractivity contribution in [1.29, 1.82) is 0 Å². The van der Waals surface area contributed by atoms with E-state index in [9.17, 15) is 9.59 Å². The van der Waals surface area contributed by atoms with Crippen molar-refractivity contribution in [1.82, 2.24) is 9.97 Å². The quantitative estimate of drug-likeness (QED) is 0.595. The van der Waals surface area contributed by atoms with Crippen LogP contribution < -0.4 is 4.90 Å². The molecular formula is C6H5N3O5. The predicted octanol–water partition coefficient (Wildman–Crippen LogP) is 0.345. The molecule has 0 aliphatic carbocycles. The molecule has 0 saturated heterocycles. The first-order chi connectivity index (χ1) is 6.52. The zero-order chi connectivity index (χ0) is 10.7. The van der Waals surface area contributed by atoms with Gasteiger partial charge in [0.25, 0.3) is 0 Å². The number of amides is 2. The maximum atomic E-state index is 10.4. The Kier molecular flexibility index (Phi) is 2.47. The molecule has 0 atom stereocenters. The van der Waals surface area contributed by atoms with Crippen LogP contribution in [0.1, 0.15) is 0 Å². The number of rotatable bonds is 1. The number of aromatic hydroxyl groups is 1. The zero-order valence-corrected chi connectivity index (χ0v) is 6.65. The Hall–Kier alpha value is -2.38. The number of hydrogen-bond acceptors (Lipinski definition) is 5. The van der Waals surface area contributed by atoms with E-state index in [1.807, 2.05) is 0 Å². The molecule has 0 aromatic carbocycles. The van der Waals surface area contributed by atoms with Crippen LogP contribution in [0, 0.1) is 0 Å². The van der Waals surface area contributed by atoms with Crippen LogP contribution in [0.3, 0.4) is 0 Å². The molecule has 1 aromatic heterocycles. The normalized spacial score (nSPS) is 9.43. The standard InChI is InChI=1S/C6H5N3O5/c10-3-1-7-4(8-2-3)9(5(11)12)6(13)14/h1-2,10H,(H,11,12)(H,13,14). The number of carboxylic acid groups (broad SMARTS) is 2. The molecule has 1 aromatic rings. The summed E-state index contributed by atoms with van der Waals surface area (Å²) in [6.45, 7) is 0. The number of anilines is 1. The van der Waals surface area contributed by atoms with Crippen molar-refractivity contribution in [2.45, 2.75) is 0 Å². The third-order valence-corrected chi connectivity index (χ3v) is 1.21. The molecule has 1 heterocycles. The lowest BCUT2D eigenvalue weighted by Gasteiger charge is -2.09. The summed E-state index contributed by atoms with van der Waals surface area (Å²) in [5, 5.41) is 25.7. The maximum absolute atomic E-state index is 10.4. The Morgan fingerprint density at radius 3 is 1.93 bits per heavy atom. The van der Waals surface area contributed by atoms with Crippen LogP contribution >= 0.6 is 0 Å². The Bertz CT molecular complexity index is 348. The fraction of sp³-hybridized carbons (Fsp3) is 0. The van der Waals surface area contributed by atoms with Crippen LogP contribution in [-0.2, 0) is 0 Å². The second-order valence-corrected chi connectivity index (χ2v) is 2.14. The van der Waals surface area contributed by atoms with E-state index in [4.69, 9.17) is 15.3 Å². The molecule has 1 rings (SSSR count). The Balaban J connectivity index is 3.06. The van der Waals surface area contributed by atoms with Gasteiger partial charge < -0.3 is 15.3 Å². The minimum atomic E-state index is -1.72. The average molecular weight is 199 g/mol. The van der Waals surface area contributed by atoms with Crippen molar-refractivity contribution in [2.24, 2.45) is 0 Å². The second kappa shape index (κ2) is 3.56. The van der Waals surface area contributed by atoms with Crippen molar-refractivity contribution < 1.29 is 24.9 Å². The predicted molar refractivity (Wildman–Crippen MR) is 42.2 cm³/mol. The lowest BCUT2D eigenvalue weighted by molar-refractivity contribution is 0.183. The van der Waals surface area contributed by atoms with E-state index in [1.54, 1.807) is 0 Å². The highest BCUT2D eigenvalue weighted by Crippen LogP contribution is 2.10. The molecule has 2 amide bonds. The van der Waals surface area contributed by atoms with Crippen LogP contribution in [0.15, 0.2) is 12.4 Å². The summed E-state index contributed by atoms with van der Waals surface area (Å²) in [7, 11) is 0. The molecule has 74 valence electrons. The molecule has 8 heteroatoms. The molecule has 8 nitrogen and oxygen atoms in total. The van der Waals surface area contributed by atoms with Gasteiger partial charge in [0.2, 0.25) is 5.95 Å². The molecule has 0 spiro atoms. The van der Waals surface area contributed by atoms with Gasteiger partial charge in [-0.1, -0.05) is 0 Å². The van der Waals surface area contributed by atoms with Gasteiger partial charge in [-0.25, -0.2) is 19.6 Å². The zero-order valence-electron chi connectivity index (χ0n) is 6.65. The summed E-state index contributed by atoms with van der Waals surface area (Å²) in [4.78, 5) is 27.4. The van der Waals surface area contributed by atoms with E-state index in [0.717, 1.165) is 12.4 Å². The summed E-state index contributed by atoms with van der Waals surface area (Å²) >= 11 is 0. The molecule has 0 fully saturated rings. The SMILES string of the molecule is O=C(O)N(C(=O)O)c1ncc(O)cn1. The fourth-order valence-corrected chi connectivity index (χ4v) is 0.683. The highest BCUT2D eigenvalue weighted by atomic mass is 16.4. The maximum Gasteiger partial charge on any atom is 0.424 e. The van der Waals surface area contributed by atoms with Crippen LogP contribution in [-0.4, -0.2) is 37.5 Å². The minimum Gasteiger partial charge on any atom is -0.505 e. The first-order valence-electron chi connectivity index (χ1n) is 3.29. The van der Waals surface area contributed by atoms with Crippen LogP contribution in [0.25, 0.3) is 0 Å². The van der Waals surface area contributed by atoms with Gasteiger partial charge in [0, 0.05) is 0 Å². The molecule has 0 aliphatic heterocycles. The van der Waals surface area contributed by atoms with E-state index in [0.29, 0.717) is 0 Å². The third kappa shape index (κ3) is 1.86. The van der Waals surface area contributed by atoms with Crippen molar-refractivity contribution in [3.8, 4) is 5.75 Å². The van der Waals surface area contributed by atoms with Gasteiger partial charge in [0.05, 0.1) is 12.4 Å². The van der Waals surface area contributed by atoms with Gasteiger partial charge in [-0.3, -0.25) is 0 Å². The van der Waals surface area contributed by atoms with E-state index >= 15 is 0 Å². The van der Waals surface area contributed by atoms with Crippen molar-refractivity contribution in [2.75, 3.05) is 4.90 Å². The molecule has 0 unspecified atom stereocenters. The second-order valence-electron chi connectivity index (χ2n) is 2.14. The summed E-state index contributed by atoms with van der Waals surface area (Å²) < 4.78 is 0. The number of hydrogen-bond donors (Lipinski definition) is 3. The van der Waals surface area contributed by atoms with E-state index in [1.165, 1.54) is 0 Å². The van der Waals surface area contributed by atoms with Crippen molar-refractivity contribution in [3.05, 3.63) is 12.4 Å². The van der Waals surface area contributed by atoms with Gasteiger partial charge in [-0.05, 0) is 0 Å². The average Bonchev–Trinajstić information content (AvgIpc) is 2.07. The van der Waals surface area contributed by atoms with Gasteiger partial charge in [-0.15, -0.1) is 4.90 Å². The molecule has 0 aliphatic rings. The van der Waals surface area contributed by atoms with Crippen molar-refractivity contribution >= 4 is 18.1 Å². The van der Waals surface area contributed by atoms with Crippen LogP contribution in [0.4, 0.5) is 15.5 Å². The number of nitrogens with zero attached hydrogens (tertiary/aromatic N) is 3. The number of imide groups is 1. The molecule has 0 bridgehead atoms. The van der Waals surface area contributed by atoms with Gasteiger partial charge in [-0.2, -0.15) is 0 Å². The Morgan fingerprint density at radius 1 is 1.14 bits per heavy atom. The Morgan fingerprint density at radius 2 is 1.57 bits per heavy atom. The molecular weight excluding hydrogens is 194 g/mol. The Labute approximate surface area is 77.1 Å².